The fraction of sp³-hybridized carbons (Fsp3) is 0.143. The molecule has 8 heteroatoms. The highest BCUT2D eigenvalue weighted by Crippen LogP contribution is 2.27. The van der Waals surface area contributed by atoms with Crippen molar-refractivity contribution in [1.29, 1.82) is 0 Å². The van der Waals surface area contributed by atoms with Crippen LogP contribution in [0.4, 0.5) is 10.1 Å². The molecule has 0 saturated heterocycles. The molecule has 0 unspecified atom stereocenters. The molecular formula is C7H5ClFNO4S. The molecule has 0 atom stereocenters. The lowest BCUT2D eigenvalue weighted by Crippen LogP contribution is -2.01. The molecule has 5 nitrogen and oxygen atoms in total. The van der Waals surface area contributed by atoms with Gasteiger partial charge in [0.2, 0.25) is 0 Å². The average Bonchev–Trinajstić information content (AvgIpc) is 2.06. The molecule has 0 fully saturated rings. The normalized spacial score (nSPS) is 11.4. The van der Waals surface area contributed by atoms with Crippen molar-refractivity contribution in [3.63, 3.8) is 0 Å². The summed E-state index contributed by atoms with van der Waals surface area (Å²) >= 11 is 0. The lowest BCUT2D eigenvalue weighted by Gasteiger charge is -2.02. The molecule has 0 radical (unpaired) electrons. The summed E-state index contributed by atoms with van der Waals surface area (Å²) in [6, 6.07) is 1.66. The van der Waals surface area contributed by atoms with E-state index < -0.39 is 30.4 Å². The van der Waals surface area contributed by atoms with E-state index in [1.165, 1.54) is 0 Å². The molecule has 0 N–H and O–H groups in total. The van der Waals surface area contributed by atoms with Gasteiger partial charge < -0.3 is 0 Å². The van der Waals surface area contributed by atoms with Crippen molar-refractivity contribution in [3.8, 4) is 0 Å². The SMILES string of the molecule is Cc1c([N+](=O)[O-])ccc(S(=O)(=O)Cl)c1F. The van der Waals surface area contributed by atoms with E-state index in [0.29, 0.717) is 0 Å². The first-order valence-corrected chi connectivity index (χ1v) is 5.94. The van der Waals surface area contributed by atoms with Crippen molar-refractivity contribution in [2.75, 3.05) is 0 Å². The second-order valence-electron chi connectivity index (χ2n) is 2.72. The maximum Gasteiger partial charge on any atom is 0.275 e. The summed E-state index contributed by atoms with van der Waals surface area (Å²) in [4.78, 5) is 8.83. The second kappa shape index (κ2) is 3.74. The Morgan fingerprint density at radius 1 is 1.47 bits per heavy atom. The fourth-order valence-corrected chi connectivity index (χ4v) is 1.99. The molecule has 15 heavy (non-hydrogen) atoms. The monoisotopic (exact) mass is 253 g/mol. The van der Waals surface area contributed by atoms with Crippen molar-refractivity contribution in [2.45, 2.75) is 11.8 Å². The van der Waals surface area contributed by atoms with E-state index in [1.54, 1.807) is 0 Å². The highest BCUT2D eigenvalue weighted by molar-refractivity contribution is 8.13. The summed E-state index contributed by atoms with van der Waals surface area (Å²) in [5.74, 6) is -1.20. The minimum atomic E-state index is -4.22. The smallest absolute Gasteiger partial charge is 0.258 e. The fourth-order valence-electron chi connectivity index (χ4n) is 1.04. The number of nitrogens with zero attached hydrogens (tertiary/aromatic N) is 1. The number of nitro groups is 1. The largest absolute Gasteiger partial charge is 0.275 e. The lowest BCUT2D eigenvalue weighted by atomic mass is 10.2. The van der Waals surface area contributed by atoms with Crippen molar-refractivity contribution in [2.24, 2.45) is 0 Å². The quantitative estimate of drug-likeness (QED) is 0.459. The topological polar surface area (TPSA) is 77.3 Å². The van der Waals surface area contributed by atoms with Gasteiger partial charge in [-0.3, -0.25) is 10.1 Å². The number of nitro benzene ring substituents is 1. The average molecular weight is 254 g/mol. The van der Waals surface area contributed by atoms with Crippen molar-refractivity contribution >= 4 is 25.4 Å². The second-order valence-corrected chi connectivity index (χ2v) is 5.25. The molecular weight excluding hydrogens is 249 g/mol. The van der Waals surface area contributed by atoms with E-state index in [9.17, 15) is 22.9 Å². The third-order valence-corrected chi connectivity index (χ3v) is 3.12. The van der Waals surface area contributed by atoms with Gasteiger partial charge in [0.15, 0.2) is 5.82 Å². The van der Waals surface area contributed by atoms with E-state index in [1.807, 2.05) is 0 Å². The van der Waals surface area contributed by atoms with Crippen LogP contribution in [0.15, 0.2) is 17.0 Å². The van der Waals surface area contributed by atoms with Crippen LogP contribution >= 0.6 is 10.7 Å². The van der Waals surface area contributed by atoms with Gasteiger partial charge in [-0.2, -0.15) is 0 Å². The number of halogens is 2. The standard InChI is InChI=1S/C7H5ClFNO4S/c1-4-5(10(11)12)2-3-6(7(4)9)15(8,13)14/h2-3H,1H3. The number of benzene rings is 1. The summed E-state index contributed by atoms with van der Waals surface area (Å²) in [6.07, 6.45) is 0. The Hall–Kier alpha value is -1.21. The molecule has 1 aromatic carbocycles. The molecule has 0 spiro atoms. The van der Waals surface area contributed by atoms with Crippen LogP contribution < -0.4 is 0 Å². The Bertz CT molecular complexity index is 528. The molecule has 0 saturated carbocycles. The Balaban J connectivity index is 3.55. The Morgan fingerprint density at radius 3 is 2.40 bits per heavy atom. The van der Waals surface area contributed by atoms with Crippen LogP contribution in [-0.4, -0.2) is 13.3 Å². The first-order chi connectivity index (χ1) is 6.75. The maximum absolute atomic E-state index is 13.4. The predicted octanol–water partition coefficient (Wildman–Crippen LogP) is 1.97. The van der Waals surface area contributed by atoms with Crippen molar-refractivity contribution < 1.29 is 17.7 Å². The Kier molecular flexibility index (Phi) is 2.96. The van der Waals surface area contributed by atoms with Gasteiger partial charge in [-0.25, -0.2) is 12.8 Å². The van der Waals surface area contributed by atoms with E-state index in [0.717, 1.165) is 19.1 Å². The molecule has 0 aliphatic rings. The summed E-state index contributed by atoms with van der Waals surface area (Å²) in [6.45, 7) is 1.11. The zero-order valence-electron chi connectivity index (χ0n) is 7.40. The third-order valence-electron chi connectivity index (χ3n) is 1.78. The minimum absolute atomic E-state index is 0.360. The van der Waals surface area contributed by atoms with E-state index in [2.05, 4.69) is 0 Å². The number of hydrogen-bond acceptors (Lipinski definition) is 4. The molecule has 0 amide bonds. The van der Waals surface area contributed by atoms with Gasteiger partial charge >= 0.3 is 0 Å². The van der Waals surface area contributed by atoms with Crippen LogP contribution in [0.1, 0.15) is 5.56 Å². The van der Waals surface area contributed by atoms with E-state index in [-0.39, 0.29) is 5.56 Å². The van der Waals surface area contributed by atoms with Crippen molar-refractivity contribution in [1.82, 2.24) is 0 Å². The molecule has 0 bridgehead atoms. The highest BCUT2D eigenvalue weighted by Gasteiger charge is 2.23. The zero-order chi connectivity index (χ0) is 11.8. The molecule has 1 aromatic rings. The van der Waals surface area contributed by atoms with E-state index in [4.69, 9.17) is 10.7 Å². The molecule has 0 heterocycles. The van der Waals surface area contributed by atoms with Gasteiger partial charge in [-0.15, -0.1) is 0 Å². The number of hydrogen-bond donors (Lipinski definition) is 0. The van der Waals surface area contributed by atoms with Crippen LogP contribution in [0.3, 0.4) is 0 Å². The number of rotatable bonds is 2. The third kappa shape index (κ3) is 2.24. The first-order valence-electron chi connectivity index (χ1n) is 3.63. The molecule has 82 valence electrons. The van der Waals surface area contributed by atoms with Crippen molar-refractivity contribution in [3.05, 3.63) is 33.6 Å². The van der Waals surface area contributed by atoms with Gasteiger partial charge in [0.25, 0.3) is 14.7 Å². The van der Waals surface area contributed by atoms with Gasteiger partial charge in [0.05, 0.1) is 10.5 Å². The first kappa shape index (κ1) is 11.9. The molecule has 0 aromatic heterocycles. The van der Waals surface area contributed by atoms with Gasteiger partial charge in [0.1, 0.15) is 4.90 Å². The molecule has 1 rings (SSSR count). The van der Waals surface area contributed by atoms with Gasteiger partial charge in [0, 0.05) is 16.7 Å². The predicted molar refractivity (Wildman–Crippen MR) is 50.8 cm³/mol. The summed E-state index contributed by atoms with van der Waals surface area (Å²) in [5.41, 5.74) is -0.849. The minimum Gasteiger partial charge on any atom is -0.258 e. The molecule has 0 aliphatic carbocycles. The summed E-state index contributed by atoms with van der Waals surface area (Å²) in [5, 5.41) is 10.4. The summed E-state index contributed by atoms with van der Waals surface area (Å²) < 4.78 is 35.0. The Labute approximate surface area is 89.0 Å². The maximum atomic E-state index is 13.4. The highest BCUT2D eigenvalue weighted by atomic mass is 35.7. The van der Waals surface area contributed by atoms with E-state index >= 15 is 0 Å². The van der Waals surface area contributed by atoms with Crippen LogP contribution in [-0.2, 0) is 9.05 Å². The van der Waals surface area contributed by atoms with Gasteiger partial charge in [-0.05, 0) is 13.0 Å². The molecule has 0 aliphatic heterocycles. The van der Waals surface area contributed by atoms with Gasteiger partial charge in [-0.1, -0.05) is 0 Å². The summed E-state index contributed by atoms with van der Waals surface area (Å²) in [7, 11) is 0.706. The Morgan fingerprint density at radius 2 is 2.00 bits per heavy atom. The lowest BCUT2D eigenvalue weighted by molar-refractivity contribution is -0.385. The van der Waals surface area contributed by atoms with Crippen LogP contribution in [0.5, 0.6) is 0 Å². The van der Waals surface area contributed by atoms with Crippen LogP contribution in [0, 0.1) is 22.9 Å². The van der Waals surface area contributed by atoms with Crippen LogP contribution in [0.25, 0.3) is 0 Å². The zero-order valence-corrected chi connectivity index (χ0v) is 8.97. The van der Waals surface area contributed by atoms with Crippen LogP contribution in [0.2, 0.25) is 0 Å².